The molecule has 1 amide bonds. The number of carbonyl (C=O) groups excluding carboxylic acids is 2. The van der Waals surface area contributed by atoms with E-state index in [4.69, 9.17) is 18.9 Å². The van der Waals surface area contributed by atoms with Crippen LogP contribution in [0.3, 0.4) is 0 Å². The molecular formula is C19H21NO6. The second kappa shape index (κ2) is 9.31. The van der Waals surface area contributed by atoms with Gasteiger partial charge in [0.1, 0.15) is 22.8 Å². The Kier molecular flexibility index (Phi) is 6.84. The number of carbonyl (C=O) groups is 2. The zero-order valence-electron chi connectivity index (χ0n) is 14.9. The van der Waals surface area contributed by atoms with Gasteiger partial charge < -0.3 is 24.3 Å². The molecule has 0 radical (unpaired) electrons. The van der Waals surface area contributed by atoms with Gasteiger partial charge in [0.25, 0.3) is 5.91 Å². The van der Waals surface area contributed by atoms with Gasteiger partial charge in [0.15, 0.2) is 6.61 Å². The van der Waals surface area contributed by atoms with Crippen LogP contribution in [0, 0.1) is 0 Å². The molecule has 0 bridgehead atoms. The Balaban J connectivity index is 1.94. The summed E-state index contributed by atoms with van der Waals surface area (Å²) in [7, 11) is 4.43. The average molecular weight is 359 g/mol. The van der Waals surface area contributed by atoms with Gasteiger partial charge >= 0.3 is 5.97 Å². The molecule has 138 valence electrons. The molecule has 0 unspecified atom stereocenters. The highest BCUT2D eigenvalue weighted by Gasteiger charge is 2.20. The Morgan fingerprint density at radius 1 is 0.846 bits per heavy atom. The first-order valence-electron chi connectivity index (χ1n) is 7.87. The zero-order chi connectivity index (χ0) is 18.9. The van der Waals surface area contributed by atoms with Gasteiger partial charge in [-0.15, -0.1) is 0 Å². The maximum Gasteiger partial charge on any atom is 0.346 e. The Bertz CT molecular complexity index is 752. The maximum absolute atomic E-state index is 12.3. The maximum atomic E-state index is 12.3. The summed E-state index contributed by atoms with van der Waals surface area (Å²) in [5.74, 6) is 0.154. The van der Waals surface area contributed by atoms with Crippen molar-refractivity contribution in [2.75, 3.05) is 27.9 Å². The van der Waals surface area contributed by atoms with E-state index in [9.17, 15) is 9.59 Å². The minimum Gasteiger partial charge on any atom is -0.496 e. The van der Waals surface area contributed by atoms with Crippen molar-refractivity contribution in [2.24, 2.45) is 0 Å². The zero-order valence-corrected chi connectivity index (χ0v) is 14.9. The van der Waals surface area contributed by atoms with E-state index in [1.54, 1.807) is 31.4 Å². The lowest BCUT2D eigenvalue weighted by molar-refractivity contribution is -0.124. The van der Waals surface area contributed by atoms with E-state index in [-0.39, 0.29) is 12.1 Å². The molecule has 0 heterocycles. The highest BCUT2D eigenvalue weighted by molar-refractivity contribution is 5.96. The first-order chi connectivity index (χ1) is 12.6. The third kappa shape index (κ3) is 4.66. The molecule has 0 aromatic heterocycles. The molecule has 0 saturated heterocycles. The third-order valence-corrected chi connectivity index (χ3v) is 3.63. The number of nitrogens with one attached hydrogen (secondary N) is 1. The van der Waals surface area contributed by atoms with E-state index in [0.717, 1.165) is 5.56 Å². The van der Waals surface area contributed by atoms with Crippen molar-refractivity contribution in [2.45, 2.75) is 6.54 Å². The van der Waals surface area contributed by atoms with E-state index in [1.165, 1.54) is 14.2 Å². The molecule has 1 N–H and O–H groups in total. The number of hydrogen-bond donors (Lipinski definition) is 1. The van der Waals surface area contributed by atoms with Crippen LogP contribution < -0.4 is 19.5 Å². The molecule has 26 heavy (non-hydrogen) atoms. The summed E-state index contributed by atoms with van der Waals surface area (Å²) in [6.45, 7) is -0.159. The first kappa shape index (κ1) is 19.1. The number of methoxy groups -OCH3 is 3. The lowest BCUT2D eigenvalue weighted by atomic mass is 10.2. The third-order valence-electron chi connectivity index (χ3n) is 3.63. The van der Waals surface area contributed by atoms with Crippen LogP contribution in [-0.4, -0.2) is 39.8 Å². The lowest BCUT2D eigenvalue weighted by Crippen LogP contribution is -2.28. The Labute approximate surface area is 151 Å². The molecule has 7 nitrogen and oxygen atoms in total. The van der Waals surface area contributed by atoms with Gasteiger partial charge in [-0.1, -0.05) is 24.3 Å². The van der Waals surface area contributed by atoms with E-state index >= 15 is 0 Å². The van der Waals surface area contributed by atoms with E-state index < -0.39 is 18.5 Å². The second-order valence-electron chi connectivity index (χ2n) is 5.20. The highest BCUT2D eigenvalue weighted by Crippen LogP contribution is 2.28. The van der Waals surface area contributed by atoms with Crippen LogP contribution in [0.1, 0.15) is 15.9 Å². The van der Waals surface area contributed by atoms with E-state index in [2.05, 4.69) is 5.32 Å². The molecule has 0 saturated carbocycles. The number of ether oxygens (including phenoxy) is 4. The number of esters is 1. The molecule has 2 aromatic carbocycles. The van der Waals surface area contributed by atoms with Crippen LogP contribution in [-0.2, 0) is 16.1 Å². The predicted octanol–water partition coefficient (Wildman–Crippen LogP) is 2.19. The van der Waals surface area contributed by atoms with Crippen LogP contribution >= 0.6 is 0 Å². The monoisotopic (exact) mass is 359 g/mol. The molecule has 0 spiro atoms. The second-order valence-corrected chi connectivity index (χ2v) is 5.20. The van der Waals surface area contributed by atoms with Crippen molar-refractivity contribution in [3.63, 3.8) is 0 Å². The molecule has 2 aromatic rings. The summed E-state index contributed by atoms with van der Waals surface area (Å²) in [6.07, 6.45) is 0. The van der Waals surface area contributed by atoms with Gasteiger partial charge in [-0.2, -0.15) is 0 Å². The van der Waals surface area contributed by atoms with Crippen LogP contribution in [0.5, 0.6) is 17.2 Å². The van der Waals surface area contributed by atoms with E-state index in [1.807, 2.05) is 18.2 Å². The average Bonchev–Trinajstić information content (AvgIpc) is 2.69. The van der Waals surface area contributed by atoms with Crippen LogP contribution in [0.15, 0.2) is 42.5 Å². The topological polar surface area (TPSA) is 83.1 Å². The van der Waals surface area contributed by atoms with Crippen molar-refractivity contribution in [1.29, 1.82) is 0 Å². The van der Waals surface area contributed by atoms with Gasteiger partial charge in [0, 0.05) is 12.1 Å². The van der Waals surface area contributed by atoms with Gasteiger partial charge in [-0.05, 0) is 18.2 Å². The summed E-state index contributed by atoms with van der Waals surface area (Å²) in [4.78, 5) is 24.3. The predicted molar refractivity (Wildman–Crippen MR) is 94.7 cm³/mol. The first-order valence-corrected chi connectivity index (χ1v) is 7.87. The lowest BCUT2D eigenvalue weighted by Gasteiger charge is -2.13. The minimum absolute atomic E-state index is 0.134. The summed E-state index contributed by atoms with van der Waals surface area (Å²) in [5, 5.41) is 2.68. The van der Waals surface area contributed by atoms with Crippen LogP contribution in [0.2, 0.25) is 0 Å². The van der Waals surface area contributed by atoms with Gasteiger partial charge in [0.05, 0.1) is 21.3 Å². The highest BCUT2D eigenvalue weighted by atomic mass is 16.5. The fraction of sp³-hybridized carbons (Fsp3) is 0.263. The van der Waals surface area contributed by atoms with Crippen LogP contribution in [0.25, 0.3) is 0 Å². The number of para-hydroxylation sites is 1. The normalized spacial score (nSPS) is 9.96. The number of rotatable bonds is 8. The van der Waals surface area contributed by atoms with Crippen LogP contribution in [0.4, 0.5) is 0 Å². The summed E-state index contributed by atoms with van der Waals surface area (Å²) < 4.78 is 20.6. The van der Waals surface area contributed by atoms with E-state index in [0.29, 0.717) is 17.2 Å². The fourth-order valence-corrected chi connectivity index (χ4v) is 2.35. The van der Waals surface area contributed by atoms with Crippen molar-refractivity contribution in [3.05, 3.63) is 53.6 Å². The molecule has 7 heteroatoms. The molecule has 0 aliphatic carbocycles. The number of benzene rings is 2. The Morgan fingerprint density at radius 2 is 1.42 bits per heavy atom. The molecule has 0 aliphatic rings. The summed E-state index contributed by atoms with van der Waals surface area (Å²) >= 11 is 0. The molecular weight excluding hydrogens is 338 g/mol. The molecule has 0 aliphatic heterocycles. The minimum atomic E-state index is -0.702. The molecule has 0 atom stereocenters. The largest absolute Gasteiger partial charge is 0.496 e. The van der Waals surface area contributed by atoms with Gasteiger partial charge in [0.2, 0.25) is 0 Å². The van der Waals surface area contributed by atoms with Crippen molar-refractivity contribution in [1.82, 2.24) is 5.32 Å². The number of hydrogen-bond acceptors (Lipinski definition) is 6. The van der Waals surface area contributed by atoms with Gasteiger partial charge in [-0.25, -0.2) is 4.79 Å². The Morgan fingerprint density at radius 3 is 2.04 bits per heavy atom. The fourth-order valence-electron chi connectivity index (χ4n) is 2.35. The smallest absolute Gasteiger partial charge is 0.346 e. The standard InChI is InChI=1S/C19H21NO6/c1-23-14-8-5-4-7-13(14)11-20-17(21)12-26-19(22)18-15(24-2)9-6-10-16(18)25-3/h4-10H,11-12H2,1-3H3,(H,20,21). The van der Waals surface area contributed by atoms with Gasteiger partial charge in [-0.3, -0.25) is 4.79 Å². The SMILES string of the molecule is COc1ccccc1CNC(=O)COC(=O)c1c(OC)cccc1OC. The van der Waals surface area contributed by atoms with Crippen molar-refractivity contribution >= 4 is 11.9 Å². The van der Waals surface area contributed by atoms with Crippen molar-refractivity contribution in [3.8, 4) is 17.2 Å². The van der Waals surface area contributed by atoms with Crippen molar-refractivity contribution < 1.29 is 28.5 Å². The summed E-state index contributed by atoms with van der Waals surface area (Å²) in [6, 6.07) is 12.2. The number of amides is 1. The quantitative estimate of drug-likeness (QED) is 0.728. The summed E-state index contributed by atoms with van der Waals surface area (Å²) in [5.41, 5.74) is 0.955. The molecule has 0 fully saturated rings. The Hall–Kier alpha value is -3.22. The molecule has 2 rings (SSSR count).